The first-order valence-electron chi connectivity index (χ1n) is 5.93. The summed E-state index contributed by atoms with van der Waals surface area (Å²) in [5, 5.41) is 4.71. The second-order valence-electron chi connectivity index (χ2n) is 4.82. The molecule has 0 amide bonds. The summed E-state index contributed by atoms with van der Waals surface area (Å²) in [6, 6.07) is 5.45. The molecule has 3 nitrogen and oxygen atoms in total. The monoisotopic (exact) mass is 289 g/mol. The van der Waals surface area contributed by atoms with E-state index in [4.69, 9.17) is 32.7 Å². The molecule has 1 fully saturated rings. The van der Waals surface area contributed by atoms with Crippen LogP contribution in [0.5, 0.6) is 0 Å². The van der Waals surface area contributed by atoms with Crippen molar-refractivity contribution in [2.24, 2.45) is 0 Å². The predicted molar refractivity (Wildman–Crippen MR) is 73.1 cm³/mol. The molecule has 100 valence electrons. The van der Waals surface area contributed by atoms with E-state index in [0.717, 1.165) is 17.1 Å². The number of ether oxygens (including phenoxy) is 2. The van der Waals surface area contributed by atoms with Crippen LogP contribution in [0, 0.1) is 0 Å². The third-order valence-corrected chi connectivity index (χ3v) is 3.37. The van der Waals surface area contributed by atoms with E-state index in [1.807, 2.05) is 19.9 Å². The van der Waals surface area contributed by atoms with E-state index >= 15 is 0 Å². The van der Waals surface area contributed by atoms with Gasteiger partial charge in [-0.15, -0.1) is 0 Å². The molecule has 18 heavy (non-hydrogen) atoms. The fourth-order valence-electron chi connectivity index (χ4n) is 1.91. The zero-order valence-corrected chi connectivity index (χ0v) is 12.0. The number of benzene rings is 1. The van der Waals surface area contributed by atoms with Crippen LogP contribution in [-0.4, -0.2) is 25.0 Å². The molecule has 1 aliphatic heterocycles. The van der Waals surface area contributed by atoms with E-state index in [1.54, 1.807) is 12.1 Å². The van der Waals surface area contributed by atoms with Crippen molar-refractivity contribution in [1.29, 1.82) is 0 Å². The molecule has 1 aliphatic rings. The van der Waals surface area contributed by atoms with Gasteiger partial charge in [-0.3, -0.25) is 0 Å². The Labute approximate surface area is 117 Å². The third-order valence-electron chi connectivity index (χ3n) is 2.76. The standard InChI is InChI=1S/C13H17Cl2NO2/c1-13(2)17-8-11(18-13)7-16-6-9-5-10(14)3-4-12(9)15/h3-5,11,16H,6-8H2,1-2H3. The molecule has 2 rings (SSSR count). The molecule has 1 heterocycles. The minimum Gasteiger partial charge on any atom is -0.348 e. The molecule has 1 aromatic carbocycles. The van der Waals surface area contributed by atoms with Crippen molar-refractivity contribution in [2.45, 2.75) is 32.3 Å². The van der Waals surface area contributed by atoms with Crippen LogP contribution >= 0.6 is 23.2 Å². The minimum absolute atomic E-state index is 0.0814. The smallest absolute Gasteiger partial charge is 0.163 e. The van der Waals surface area contributed by atoms with Gasteiger partial charge in [-0.1, -0.05) is 23.2 Å². The molecule has 1 saturated heterocycles. The van der Waals surface area contributed by atoms with Crippen molar-refractivity contribution < 1.29 is 9.47 Å². The van der Waals surface area contributed by atoms with E-state index in [-0.39, 0.29) is 6.10 Å². The van der Waals surface area contributed by atoms with Gasteiger partial charge in [-0.2, -0.15) is 0 Å². The number of hydrogen-bond acceptors (Lipinski definition) is 3. The van der Waals surface area contributed by atoms with Gasteiger partial charge in [0.1, 0.15) is 0 Å². The summed E-state index contributed by atoms with van der Waals surface area (Å²) in [5.74, 6) is -0.472. The van der Waals surface area contributed by atoms with Crippen molar-refractivity contribution >= 4 is 23.2 Å². The van der Waals surface area contributed by atoms with Gasteiger partial charge in [-0.05, 0) is 37.6 Å². The summed E-state index contributed by atoms with van der Waals surface area (Å²) < 4.78 is 11.2. The van der Waals surface area contributed by atoms with Crippen LogP contribution in [0.2, 0.25) is 10.0 Å². The largest absolute Gasteiger partial charge is 0.348 e. The Morgan fingerprint density at radius 3 is 2.83 bits per heavy atom. The molecule has 1 atom stereocenters. The number of nitrogens with one attached hydrogen (secondary N) is 1. The first kappa shape index (κ1) is 14.1. The van der Waals surface area contributed by atoms with Gasteiger partial charge >= 0.3 is 0 Å². The third kappa shape index (κ3) is 3.84. The molecule has 0 saturated carbocycles. The van der Waals surface area contributed by atoms with Crippen LogP contribution in [0.1, 0.15) is 19.4 Å². The molecule has 0 aromatic heterocycles. The Morgan fingerprint density at radius 2 is 2.17 bits per heavy atom. The normalized spacial score (nSPS) is 22.3. The molecule has 5 heteroatoms. The van der Waals surface area contributed by atoms with Gasteiger partial charge in [0.2, 0.25) is 0 Å². The maximum atomic E-state index is 6.08. The van der Waals surface area contributed by atoms with Gasteiger partial charge in [0.05, 0.1) is 12.7 Å². The van der Waals surface area contributed by atoms with Gasteiger partial charge in [0, 0.05) is 23.1 Å². The average molecular weight is 290 g/mol. The second-order valence-corrected chi connectivity index (χ2v) is 5.66. The van der Waals surface area contributed by atoms with Crippen LogP contribution in [0.15, 0.2) is 18.2 Å². The maximum absolute atomic E-state index is 6.08. The van der Waals surface area contributed by atoms with Crippen molar-refractivity contribution in [3.63, 3.8) is 0 Å². The fourth-order valence-corrected chi connectivity index (χ4v) is 2.29. The van der Waals surface area contributed by atoms with Crippen LogP contribution in [0.4, 0.5) is 0 Å². The molecular weight excluding hydrogens is 273 g/mol. The highest BCUT2D eigenvalue weighted by Crippen LogP contribution is 2.22. The Bertz CT molecular complexity index is 423. The second kappa shape index (κ2) is 5.76. The summed E-state index contributed by atoms with van der Waals surface area (Å²) in [7, 11) is 0. The highest BCUT2D eigenvalue weighted by molar-refractivity contribution is 6.33. The Hall–Kier alpha value is -0.320. The first-order valence-corrected chi connectivity index (χ1v) is 6.68. The van der Waals surface area contributed by atoms with E-state index < -0.39 is 5.79 Å². The quantitative estimate of drug-likeness (QED) is 0.923. The highest BCUT2D eigenvalue weighted by atomic mass is 35.5. The Balaban J connectivity index is 1.80. The lowest BCUT2D eigenvalue weighted by Crippen LogP contribution is -2.30. The van der Waals surface area contributed by atoms with Crippen LogP contribution in [0.25, 0.3) is 0 Å². The molecule has 1 N–H and O–H groups in total. The number of halogens is 2. The molecule has 0 bridgehead atoms. The van der Waals surface area contributed by atoms with Crippen LogP contribution in [-0.2, 0) is 16.0 Å². The predicted octanol–water partition coefficient (Wildman–Crippen LogP) is 3.23. The van der Waals surface area contributed by atoms with Crippen LogP contribution in [0.3, 0.4) is 0 Å². The van der Waals surface area contributed by atoms with Gasteiger partial charge in [0.15, 0.2) is 5.79 Å². The minimum atomic E-state index is -0.472. The van der Waals surface area contributed by atoms with Gasteiger partial charge in [0.25, 0.3) is 0 Å². The molecule has 1 unspecified atom stereocenters. The van der Waals surface area contributed by atoms with Crippen molar-refractivity contribution in [1.82, 2.24) is 5.32 Å². The SMILES string of the molecule is CC1(C)OCC(CNCc2cc(Cl)ccc2Cl)O1. The lowest BCUT2D eigenvalue weighted by atomic mass is 10.2. The zero-order chi connectivity index (χ0) is 13.2. The van der Waals surface area contributed by atoms with Gasteiger partial charge in [-0.25, -0.2) is 0 Å². The van der Waals surface area contributed by atoms with E-state index in [0.29, 0.717) is 18.2 Å². The number of hydrogen-bond donors (Lipinski definition) is 1. The Morgan fingerprint density at radius 1 is 1.39 bits per heavy atom. The summed E-state index contributed by atoms with van der Waals surface area (Å²) in [6.07, 6.45) is 0.0814. The van der Waals surface area contributed by atoms with Crippen molar-refractivity contribution in [2.75, 3.05) is 13.2 Å². The van der Waals surface area contributed by atoms with E-state index in [2.05, 4.69) is 5.32 Å². The molecule has 0 aliphatic carbocycles. The fraction of sp³-hybridized carbons (Fsp3) is 0.538. The lowest BCUT2D eigenvalue weighted by molar-refractivity contribution is -0.137. The van der Waals surface area contributed by atoms with Crippen molar-refractivity contribution in [3.8, 4) is 0 Å². The Kier molecular flexibility index (Phi) is 4.51. The van der Waals surface area contributed by atoms with Crippen molar-refractivity contribution in [3.05, 3.63) is 33.8 Å². The summed E-state index contributed by atoms with van der Waals surface area (Å²) in [4.78, 5) is 0. The molecule has 1 aromatic rings. The molecule has 0 radical (unpaired) electrons. The summed E-state index contributed by atoms with van der Waals surface area (Å²) in [6.45, 7) is 5.84. The average Bonchev–Trinajstić information content (AvgIpc) is 2.63. The van der Waals surface area contributed by atoms with Gasteiger partial charge < -0.3 is 14.8 Å². The number of rotatable bonds is 4. The van der Waals surface area contributed by atoms with E-state index in [1.165, 1.54) is 0 Å². The molecular formula is C13H17Cl2NO2. The first-order chi connectivity index (χ1) is 8.46. The summed E-state index contributed by atoms with van der Waals surface area (Å²) in [5.41, 5.74) is 0.988. The lowest BCUT2D eigenvalue weighted by Gasteiger charge is -2.17. The zero-order valence-electron chi connectivity index (χ0n) is 10.5. The topological polar surface area (TPSA) is 30.5 Å². The highest BCUT2D eigenvalue weighted by Gasteiger charge is 2.32. The van der Waals surface area contributed by atoms with E-state index in [9.17, 15) is 0 Å². The summed E-state index contributed by atoms with van der Waals surface area (Å²) >= 11 is 12.0. The molecule has 0 spiro atoms. The van der Waals surface area contributed by atoms with Crippen LogP contribution < -0.4 is 5.32 Å². The maximum Gasteiger partial charge on any atom is 0.163 e.